The lowest BCUT2D eigenvalue weighted by atomic mass is 9.96. The second-order valence-electron chi connectivity index (χ2n) is 15.9. The Labute approximate surface area is 388 Å². The molecule has 0 bridgehead atoms. The van der Waals surface area contributed by atoms with Crippen molar-refractivity contribution >= 4 is 86.2 Å². The molecule has 0 aliphatic carbocycles. The maximum Gasteiger partial charge on any atom is 0.264 e. The zero-order valence-electron chi connectivity index (χ0n) is 36.2. The van der Waals surface area contributed by atoms with E-state index >= 15 is 4.39 Å². The van der Waals surface area contributed by atoms with E-state index in [9.17, 15) is 33.9 Å². The van der Waals surface area contributed by atoms with Crippen molar-refractivity contribution in [3.8, 4) is 16.9 Å². The summed E-state index contributed by atoms with van der Waals surface area (Å²) in [6.07, 6.45) is 1.40. The summed E-state index contributed by atoms with van der Waals surface area (Å²) in [5, 5.41) is 23.6. The number of anilines is 3. The van der Waals surface area contributed by atoms with E-state index in [4.69, 9.17) is 26.1 Å². The number of ether oxygens (including phenoxy) is 2. The number of carbonyl (C=O) groups excluding carboxylic acids is 6. The van der Waals surface area contributed by atoms with E-state index in [1.54, 1.807) is 29.2 Å². The number of aromatic hydroxyl groups is 1. The van der Waals surface area contributed by atoms with Gasteiger partial charge in [0, 0.05) is 75.3 Å². The molecule has 4 heterocycles. The van der Waals surface area contributed by atoms with Gasteiger partial charge in [-0.05, 0) is 59.2 Å². The molecule has 5 N–H and O–H groups in total. The Balaban J connectivity index is 0.810. The van der Waals surface area contributed by atoms with Gasteiger partial charge in [-0.15, -0.1) is 0 Å². The summed E-state index contributed by atoms with van der Waals surface area (Å²) in [6, 6.07) is 15.7. The number of halogens is 2. The standard InChI is InChI=1S/C47H47ClFN9O9/c1-2-38(62)56-16-18-57(19-17-56)43-32-26-33(48)39(31-25-28(59)24-27-6-3-4-7-29(27)31)41(49)42(32)54-47(55-43)52-13-12-36(60)51-15-21-67-23-22-66-20-14-50-34-9-5-8-30-40(34)46(65)58(45(30)64)35-10-11-37(61)53-44(35)63/h2-9,24-26,35,50,59H,1,10-23H2,(H,51,60)(H,52,54,55)(H,53,61,63). The minimum atomic E-state index is -1.06. The van der Waals surface area contributed by atoms with E-state index in [1.807, 2.05) is 29.2 Å². The average molecular weight is 936 g/mol. The van der Waals surface area contributed by atoms with E-state index in [0.717, 1.165) is 4.90 Å². The molecule has 3 aliphatic rings. The van der Waals surface area contributed by atoms with Crippen LogP contribution in [0.3, 0.4) is 0 Å². The lowest BCUT2D eigenvalue weighted by molar-refractivity contribution is -0.136. The number of phenolic OH excluding ortho intramolecular Hbond substituents is 1. The summed E-state index contributed by atoms with van der Waals surface area (Å²) >= 11 is 6.84. The molecule has 67 heavy (non-hydrogen) atoms. The van der Waals surface area contributed by atoms with Gasteiger partial charge in [-0.3, -0.25) is 39.0 Å². The van der Waals surface area contributed by atoms with Gasteiger partial charge in [0.25, 0.3) is 11.8 Å². The third-order valence-corrected chi connectivity index (χ3v) is 11.9. The van der Waals surface area contributed by atoms with E-state index in [1.165, 1.54) is 18.2 Å². The molecule has 1 atom stereocenters. The van der Waals surface area contributed by atoms with Gasteiger partial charge < -0.3 is 40.3 Å². The normalized spacial score (nSPS) is 16.1. The molecule has 2 saturated heterocycles. The fraction of sp³-hybridized carbons (Fsp3) is 0.319. The Morgan fingerprint density at radius 2 is 1.63 bits per heavy atom. The number of piperidine rings is 1. The molecule has 1 aromatic heterocycles. The van der Waals surface area contributed by atoms with Crippen molar-refractivity contribution in [2.45, 2.75) is 25.3 Å². The Morgan fingerprint density at radius 1 is 0.866 bits per heavy atom. The number of fused-ring (bicyclic) bond motifs is 3. The van der Waals surface area contributed by atoms with Gasteiger partial charge in [0.2, 0.25) is 29.6 Å². The Kier molecular flexibility index (Phi) is 14.2. The van der Waals surface area contributed by atoms with Crippen molar-refractivity contribution in [3.63, 3.8) is 0 Å². The largest absolute Gasteiger partial charge is 0.508 e. The van der Waals surface area contributed by atoms with Crippen molar-refractivity contribution < 1.29 is 47.7 Å². The molecule has 18 nitrogen and oxygen atoms in total. The van der Waals surface area contributed by atoms with Crippen LogP contribution in [0.15, 0.2) is 73.3 Å². The number of piperazine rings is 1. The highest BCUT2D eigenvalue weighted by Gasteiger charge is 2.45. The number of benzene rings is 4. The third kappa shape index (κ3) is 9.98. The first kappa shape index (κ1) is 46.3. The van der Waals surface area contributed by atoms with Gasteiger partial charge >= 0.3 is 0 Å². The number of hydrogen-bond donors (Lipinski definition) is 5. The number of aromatic nitrogens is 2. The summed E-state index contributed by atoms with van der Waals surface area (Å²) in [6.45, 7) is 6.79. The van der Waals surface area contributed by atoms with Crippen LogP contribution < -0.4 is 26.2 Å². The van der Waals surface area contributed by atoms with Crippen LogP contribution in [0, 0.1) is 5.82 Å². The number of carbonyl (C=O) groups is 6. The lowest BCUT2D eigenvalue weighted by Gasteiger charge is -2.35. The molecule has 0 saturated carbocycles. The Morgan fingerprint density at radius 3 is 2.39 bits per heavy atom. The van der Waals surface area contributed by atoms with Crippen LogP contribution in [0.1, 0.15) is 40.0 Å². The minimum absolute atomic E-state index is 0.0145. The molecular weight excluding hydrogens is 889 g/mol. The quantitative estimate of drug-likeness (QED) is 0.0471. The molecular formula is C47H47ClFN9O9. The number of hydrogen-bond acceptors (Lipinski definition) is 14. The van der Waals surface area contributed by atoms with E-state index in [2.05, 4.69) is 32.8 Å². The van der Waals surface area contributed by atoms with Crippen LogP contribution in [-0.2, 0) is 28.7 Å². The van der Waals surface area contributed by atoms with Gasteiger partial charge in [0.05, 0.1) is 42.6 Å². The molecule has 5 aromatic rings. The first-order valence-electron chi connectivity index (χ1n) is 21.8. The van der Waals surface area contributed by atoms with Crippen molar-refractivity contribution in [1.82, 2.24) is 30.4 Å². The van der Waals surface area contributed by atoms with Gasteiger partial charge in [-0.2, -0.15) is 4.98 Å². The fourth-order valence-electron chi connectivity index (χ4n) is 8.40. The molecule has 4 aromatic carbocycles. The SMILES string of the molecule is C=CC(=O)N1CCN(c2nc(NCCC(=O)NCCOCCOCCNc3cccc4c3C(=O)N(C3CCC(=O)NC3=O)C4=O)nc3c(F)c(-c4cc(O)cc5ccccc45)c(Cl)cc23)CC1. The average Bonchev–Trinajstić information content (AvgIpc) is 3.57. The third-order valence-electron chi connectivity index (χ3n) is 11.6. The molecule has 8 rings (SSSR count). The highest BCUT2D eigenvalue weighted by atomic mass is 35.5. The number of imide groups is 2. The van der Waals surface area contributed by atoms with Crippen LogP contribution in [0.4, 0.5) is 21.8 Å². The smallest absolute Gasteiger partial charge is 0.264 e. The second-order valence-corrected chi connectivity index (χ2v) is 16.3. The zero-order valence-corrected chi connectivity index (χ0v) is 37.0. The predicted molar refractivity (Wildman–Crippen MR) is 247 cm³/mol. The van der Waals surface area contributed by atoms with Gasteiger partial charge in [0.1, 0.15) is 23.1 Å². The summed E-state index contributed by atoms with van der Waals surface area (Å²) in [5.41, 5.74) is 1.20. The lowest BCUT2D eigenvalue weighted by Crippen LogP contribution is -2.54. The van der Waals surface area contributed by atoms with Crippen LogP contribution in [0.5, 0.6) is 5.75 Å². The highest BCUT2D eigenvalue weighted by molar-refractivity contribution is 6.35. The molecule has 348 valence electrons. The molecule has 20 heteroatoms. The van der Waals surface area contributed by atoms with E-state index < -0.39 is 35.5 Å². The van der Waals surface area contributed by atoms with Crippen LogP contribution in [-0.4, -0.2) is 139 Å². The number of nitrogens with zero attached hydrogens (tertiary/aromatic N) is 5. The number of amides is 6. The van der Waals surface area contributed by atoms with E-state index in [0.29, 0.717) is 66.0 Å². The second kappa shape index (κ2) is 20.5. The van der Waals surface area contributed by atoms with Crippen molar-refractivity contribution in [3.05, 3.63) is 95.3 Å². The van der Waals surface area contributed by atoms with Crippen LogP contribution in [0.2, 0.25) is 5.02 Å². The molecule has 1 unspecified atom stereocenters. The van der Waals surface area contributed by atoms with Crippen molar-refractivity contribution in [2.24, 2.45) is 0 Å². The molecule has 3 aliphatic heterocycles. The molecule has 6 amide bonds. The van der Waals surface area contributed by atoms with Gasteiger partial charge in [0.15, 0.2) is 5.82 Å². The van der Waals surface area contributed by atoms with Crippen molar-refractivity contribution in [1.29, 1.82) is 0 Å². The summed E-state index contributed by atoms with van der Waals surface area (Å²) < 4.78 is 28.1. The van der Waals surface area contributed by atoms with Crippen LogP contribution >= 0.6 is 11.6 Å². The Hall–Kier alpha value is -7.22. The number of rotatable bonds is 18. The summed E-state index contributed by atoms with van der Waals surface area (Å²) in [4.78, 5) is 89.2. The van der Waals surface area contributed by atoms with Crippen molar-refractivity contribution in [2.75, 3.05) is 87.8 Å². The van der Waals surface area contributed by atoms with E-state index in [-0.39, 0.29) is 110 Å². The van der Waals surface area contributed by atoms with Crippen LogP contribution in [0.25, 0.3) is 32.8 Å². The number of nitrogens with one attached hydrogen (secondary N) is 4. The maximum absolute atomic E-state index is 16.9. The zero-order chi connectivity index (χ0) is 47.2. The molecule has 2 fully saturated rings. The first-order chi connectivity index (χ1) is 32.4. The summed E-state index contributed by atoms with van der Waals surface area (Å²) in [7, 11) is 0. The summed E-state index contributed by atoms with van der Waals surface area (Å²) in [5.74, 6) is -3.05. The molecule has 0 spiro atoms. The predicted octanol–water partition coefficient (Wildman–Crippen LogP) is 4.25. The van der Waals surface area contributed by atoms with Gasteiger partial charge in [-0.25, -0.2) is 9.37 Å². The minimum Gasteiger partial charge on any atom is -0.508 e. The fourth-order valence-corrected chi connectivity index (χ4v) is 8.69. The number of phenols is 1. The molecule has 0 radical (unpaired) electrons. The topological polar surface area (TPSA) is 225 Å². The van der Waals surface area contributed by atoms with Gasteiger partial charge in [-0.1, -0.05) is 48.5 Å². The Bertz CT molecular complexity index is 2800. The monoisotopic (exact) mass is 935 g/mol. The first-order valence-corrected chi connectivity index (χ1v) is 22.1. The highest BCUT2D eigenvalue weighted by Crippen LogP contribution is 2.42. The maximum atomic E-state index is 16.9.